The van der Waals surface area contributed by atoms with E-state index in [9.17, 15) is 44.6 Å². The lowest BCUT2D eigenvalue weighted by Gasteiger charge is -2.45. The molecule has 2 aromatic carbocycles. The second-order valence-corrected chi connectivity index (χ2v) is 8.76. The predicted octanol–water partition coefficient (Wildman–Crippen LogP) is 6.49. The van der Waals surface area contributed by atoms with Gasteiger partial charge in [0.25, 0.3) is 0 Å². The highest BCUT2D eigenvalue weighted by Crippen LogP contribution is 2.43. The number of aromatic nitrogens is 1. The van der Waals surface area contributed by atoms with E-state index in [1.165, 1.54) is 29.2 Å². The summed E-state index contributed by atoms with van der Waals surface area (Å²) in [5, 5.41) is 9.85. The molecule has 39 heavy (non-hydrogen) atoms. The number of aliphatic hydroxyl groups is 1. The summed E-state index contributed by atoms with van der Waals surface area (Å²) in [5.41, 5.74) is -0.0295. The highest BCUT2D eigenvalue weighted by atomic mass is 19.4. The van der Waals surface area contributed by atoms with Crippen LogP contribution in [0, 0.1) is 0 Å². The Hall–Kier alpha value is -3.68. The lowest BCUT2D eigenvalue weighted by Crippen LogP contribution is -2.49. The van der Waals surface area contributed by atoms with Crippen LogP contribution >= 0.6 is 0 Å². The SMILES string of the molecule is OC(CN1c2ccccc2N(Cc2cccc(OC(F)(F)F)c2)CC1c1ccc(C(F)(F)F)nc1)C(F)(F)F. The average molecular weight is 565 g/mol. The molecule has 1 aliphatic heterocycles. The standard InChI is InChI=1S/C25H20F9N3O2/c26-23(27,28)21-9-8-16(11-35-21)20-13-36(12-15-4-3-5-17(10-15)39-25(32,33)34)18-6-1-2-7-19(18)37(20)14-22(38)24(29,30)31/h1-11,20,22,38H,12-14H2. The van der Waals surface area contributed by atoms with Crippen molar-refractivity contribution in [2.75, 3.05) is 22.9 Å². The number of alkyl halides is 9. The first-order valence-electron chi connectivity index (χ1n) is 11.3. The van der Waals surface area contributed by atoms with Crippen molar-refractivity contribution in [1.82, 2.24) is 4.98 Å². The molecule has 2 unspecified atom stereocenters. The van der Waals surface area contributed by atoms with E-state index >= 15 is 0 Å². The van der Waals surface area contributed by atoms with E-state index in [0.29, 0.717) is 17.3 Å². The van der Waals surface area contributed by atoms with Crippen molar-refractivity contribution in [2.24, 2.45) is 0 Å². The van der Waals surface area contributed by atoms with Crippen molar-refractivity contribution in [3.8, 4) is 5.75 Å². The second kappa shape index (κ2) is 10.5. The summed E-state index contributed by atoms with van der Waals surface area (Å²) in [6.07, 6.45) is -16.5. The Kier molecular flexibility index (Phi) is 7.61. The molecule has 1 N–H and O–H groups in total. The molecule has 2 atom stereocenters. The Morgan fingerprint density at radius 1 is 0.897 bits per heavy atom. The van der Waals surface area contributed by atoms with E-state index in [-0.39, 0.29) is 24.3 Å². The molecule has 4 rings (SSSR count). The van der Waals surface area contributed by atoms with Crippen molar-refractivity contribution in [3.63, 3.8) is 0 Å². The molecule has 1 aromatic heterocycles. The van der Waals surface area contributed by atoms with Gasteiger partial charge >= 0.3 is 18.7 Å². The van der Waals surface area contributed by atoms with Gasteiger partial charge in [0.15, 0.2) is 6.10 Å². The largest absolute Gasteiger partial charge is 0.573 e. The molecule has 2 heterocycles. The van der Waals surface area contributed by atoms with Crippen molar-refractivity contribution in [1.29, 1.82) is 0 Å². The lowest BCUT2D eigenvalue weighted by molar-refractivity contribution is -0.274. The Morgan fingerprint density at radius 3 is 2.18 bits per heavy atom. The number of β-amino-alcohol motifs (C(OH)–C–C–N with tert-alkyl or cyclic N) is 1. The maximum atomic E-state index is 13.3. The van der Waals surface area contributed by atoms with Crippen molar-refractivity contribution in [3.05, 3.63) is 83.7 Å². The minimum atomic E-state index is -4.96. The smallest absolute Gasteiger partial charge is 0.406 e. The number of fused-ring (bicyclic) bond motifs is 1. The molecule has 0 amide bonds. The Bertz CT molecular complexity index is 1280. The number of nitrogens with zero attached hydrogens (tertiary/aromatic N) is 3. The number of hydrogen-bond acceptors (Lipinski definition) is 5. The first kappa shape index (κ1) is 28.3. The zero-order valence-electron chi connectivity index (χ0n) is 19.7. The maximum absolute atomic E-state index is 13.3. The summed E-state index contributed by atoms with van der Waals surface area (Å²) < 4.78 is 121. The average Bonchev–Trinajstić information content (AvgIpc) is 2.83. The van der Waals surface area contributed by atoms with Gasteiger partial charge in [-0.2, -0.15) is 26.3 Å². The van der Waals surface area contributed by atoms with Crippen molar-refractivity contribution in [2.45, 2.75) is 37.4 Å². The van der Waals surface area contributed by atoms with Crippen LogP contribution in [0.2, 0.25) is 0 Å². The van der Waals surface area contributed by atoms with Crippen LogP contribution in [-0.2, 0) is 12.7 Å². The number of rotatable bonds is 6. The molecule has 5 nitrogen and oxygen atoms in total. The molecule has 3 aromatic rings. The summed E-state index contributed by atoms with van der Waals surface area (Å²) in [6.45, 7) is -1.01. The molecule has 210 valence electrons. The quantitative estimate of drug-likeness (QED) is 0.347. The van der Waals surface area contributed by atoms with Gasteiger partial charge in [-0.05, 0) is 41.5 Å². The van der Waals surface area contributed by atoms with Gasteiger partial charge in [-0.15, -0.1) is 13.2 Å². The minimum Gasteiger partial charge on any atom is -0.406 e. The van der Waals surface area contributed by atoms with E-state index in [0.717, 1.165) is 24.4 Å². The molecular formula is C25H20F9N3O2. The van der Waals surface area contributed by atoms with Crippen LogP contribution in [0.25, 0.3) is 0 Å². The minimum absolute atomic E-state index is 0.00764. The summed E-state index contributed by atoms with van der Waals surface area (Å²) in [5.74, 6) is -0.469. The van der Waals surface area contributed by atoms with Crippen LogP contribution in [0.15, 0.2) is 66.9 Å². The third-order valence-electron chi connectivity index (χ3n) is 6.02. The molecule has 0 bridgehead atoms. The zero-order valence-corrected chi connectivity index (χ0v) is 19.7. The number of halogens is 9. The highest BCUT2D eigenvalue weighted by Gasteiger charge is 2.43. The number of aliphatic hydroxyl groups excluding tert-OH is 1. The monoisotopic (exact) mass is 565 g/mol. The van der Waals surface area contributed by atoms with Crippen LogP contribution < -0.4 is 14.5 Å². The van der Waals surface area contributed by atoms with Gasteiger partial charge in [-0.1, -0.05) is 30.3 Å². The summed E-state index contributed by atoms with van der Waals surface area (Å²) in [4.78, 5) is 6.32. The van der Waals surface area contributed by atoms with E-state index in [1.807, 2.05) is 0 Å². The van der Waals surface area contributed by atoms with Gasteiger partial charge < -0.3 is 19.6 Å². The van der Waals surface area contributed by atoms with Crippen LogP contribution in [0.4, 0.5) is 50.9 Å². The third-order valence-corrected chi connectivity index (χ3v) is 6.02. The molecule has 0 saturated heterocycles. The lowest BCUT2D eigenvalue weighted by atomic mass is 9.99. The number of pyridine rings is 1. The van der Waals surface area contributed by atoms with Gasteiger partial charge in [-0.25, -0.2) is 0 Å². The van der Waals surface area contributed by atoms with Crippen LogP contribution in [-0.4, -0.2) is 41.8 Å². The Morgan fingerprint density at radius 2 is 1.59 bits per heavy atom. The Balaban J connectivity index is 1.73. The number of anilines is 2. The number of benzene rings is 2. The zero-order chi connectivity index (χ0) is 28.6. The molecule has 0 radical (unpaired) electrons. The van der Waals surface area contributed by atoms with Gasteiger partial charge in [0.2, 0.25) is 0 Å². The van der Waals surface area contributed by atoms with E-state index in [2.05, 4.69) is 9.72 Å². The maximum Gasteiger partial charge on any atom is 0.573 e. The fourth-order valence-electron chi connectivity index (χ4n) is 4.33. The fraction of sp³-hybridized carbons (Fsp3) is 0.320. The fourth-order valence-corrected chi connectivity index (χ4v) is 4.33. The van der Waals surface area contributed by atoms with Gasteiger partial charge in [0.1, 0.15) is 11.4 Å². The van der Waals surface area contributed by atoms with Gasteiger partial charge in [0, 0.05) is 19.3 Å². The van der Waals surface area contributed by atoms with Crippen LogP contribution in [0.1, 0.15) is 22.9 Å². The molecule has 14 heteroatoms. The normalized spacial score (nSPS) is 17.1. The van der Waals surface area contributed by atoms with Crippen LogP contribution in [0.3, 0.4) is 0 Å². The Labute approximate surface area is 216 Å². The molecule has 0 spiro atoms. The van der Waals surface area contributed by atoms with Crippen molar-refractivity contribution >= 4 is 11.4 Å². The number of para-hydroxylation sites is 2. The predicted molar refractivity (Wildman–Crippen MR) is 122 cm³/mol. The third kappa shape index (κ3) is 6.85. The summed E-state index contributed by atoms with van der Waals surface area (Å²) >= 11 is 0. The first-order valence-corrected chi connectivity index (χ1v) is 11.3. The highest BCUT2D eigenvalue weighted by molar-refractivity contribution is 5.74. The topological polar surface area (TPSA) is 48.8 Å². The van der Waals surface area contributed by atoms with E-state index < -0.39 is 48.8 Å². The van der Waals surface area contributed by atoms with E-state index in [1.54, 1.807) is 17.0 Å². The van der Waals surface area contributed by atoms with Crippen molar-refractivity contribution < 1.29 is 49.4 Å². The van der Waals surface area contributed by atoms with E-state index in [4.69, 9.17) is 0 Å². The number of ether oxygens (including phenoxy) is 1. The molecule has 0 fully saturated rings. The second-order valence-electron chi connectivity index (χ2n) is 8.76. The molecule has 0 saturated carbocycles. The number of hydrogen-bond donors (Lipinski definition) is 1. The molecule has 0 aliphatic carbocycles. The van der Waals surface area contributed by atoms with Gasteiger partial charge in [-0.3, -0.25) is 4.98 Å². The van der Waals surface area contributed by atoms with Gasteiger partial charge in [0.05, 0.1) is 24.0 Å². The first-order chi connectivity index (χ1) is 18.1. The van der Waals surface area contributed by atoms with Crippen LogP contribution in [0.5, 0.6) is 5.75 Å². The summed E-state index contributed by atoms with van der Waals surface area (Å²) in [7, 11) is 0. The summed E-state index contributed by atoms with van der Waals surface area (Å²) in [6, 6.07) is 12.1. The molecular weight excluding hydrogens is 545 g/mol. The molecule has 1 aliphatic rings.